The summed E-state index contributed by atoms with van der Waals surface area (Å²) in [6, 6.07) is 5.30. The summed E-state index contributed by atoms with van der Waals surface area (Å²) in [6.07, 6.45) is 1.68. The molecule has 2 aromatic rings. The Morgan fingerprint density at radius 3 is 3.21 bits per heavy atom. The molecule has 0 saturated carbocycles. The van der Waals surface area contributed by atoms with Gasteiger partial charge in [0, 0.05) is 5.39 Å². The summed E-state index contributed by atoms with van der Waals surface area (Å²) in [5.41, 5.74) is 1.47. The molecule has 0 unspecified atom stereocenters. The molecule has 4 nitrogen and oxygen atoms in total. The number of nitrogens with zero attached hydrogens (tertiary/aromatic N) is 1. The molecule has 0 radical (unpaired) electrons. The Balaban J connectivity index is 2.38. The minimum atomic E-state index is -0.296. The molecule has 1 heterocycles. The lowest BCUT2D eigenvalue weighted by Crippen LogP contribution is -2.03. The number of nitrogens with one attached hydrogen (secondary N) is 1. The molecule has 2 rings (SSSR count). The van der Waals surface area contributed by atoms with Crippen molar-refractivity contribution in [3.8, 4) is 0 Å². The summed E-state index contributed by atoms with van der Waals surface area (Å²) in [7, 11) is 0. The van der Waals surface area contributed by atoms with Gasteiger partial charge in [-0.05, 0) is 25.1 Å². The number of rotatable bonds is 2. The van der Waals surface area contributed by atoms with Gasteiger partial charge in [0.05, 0.1) is 23.9 Å². The van der Waals surface area contributed by atoms with Crippen LogP contribution >= 0.6 is 0 Å². The van der Waals surface area contributed by atoms with Crippen molar-refractivity contribution in [1.29, 1.82) is 0 Å². The zero-order valence-corrected chi connectivity index (χ0v) is 7.78. The maximum atomic E-state index is 11.4. The molecule has 0 aliphatic heterocycles. The molecular weight excluding hydrogens is 180 g/mol. The lowest BCUT2D eigenvalue weighted by atomic mass is 10.2. The van der Waals surface area contributed by atoms with Crippen LogP contribution in [0.15, 0.2) is 24.4 Å². The van der Waals surface area contributed by atoms with Crippen LogP contribution in [-0.4, -0.2) is 22.8 Å². The van der Waals surface area contributed by atoms with Crippen LogP contribution in [0.2, 0.25) is 0 Å². The van der Waals surface area contributed by atoms with Crippen LogP contribution < -0.4 is 0 Å². The van der Waals surface area contributed by atoms with Crippen LogP contribution in [0.4, 0.5) is 0 Å². The number of hydrogen-bond donors (Lipinski definition) is 1. The molecule has 0 saturated heterocycles. The number of carbonyl (C=O) groups excluding carboxylic acids is 1. The largest absolute Gasteiger partial charge is 0.462 e. The zero-order valence-electron chi connectivity index (χ0n) is 7.78. The van der Waals surface area contributed by atoms with Crippen LogP contribution in [-0.2, 0) is 4.74 Å². The first kappa shape index (κ1) is 8.74. The first-order valence-electron chi connectivity index (χ1n) is 4.41. The summed E-state index contributed by atoms with van der Waals surface area (Å²) in [6.45, 7) is 2.18. The predicted octanol–water partition coefficient (Wildman–Crippen LogP) is 1.74. The molecule has 72 valence electrons. The van der Waals surface area contributed by atoms with Crippen molar-refractivity contribution >= 4 is 16.9 Å². The fourth-order valence-electron chi connectivity index (χ4n) is 1.28. The van der Waals surface area contributed by atoms with E-state index in [-0.39, 0.29) is 5.97 Å². The van der Waals surface area contributed by atoms with Crippen LogP contribution in [0.1, 0.15) is 17.3 Å². The first-order valence-corrected chi connectivity index (χ1v) is 4.41. The third kappa shape index (κ3) is 1.46. The highest BCUT2D eigenvalue weighted by molar-refractivity contribution is 5.94. The molecule has 1 aromatic heterocycles. The van der Waals surface area contributed by atoms with Gasteiger partial charge in [0.15, 0.2) is 0 Å². The summed E-state index contributed by atoms with van der Waals surface area (Å²) in [5.74, 6) is -0.296. The van der Waals surface area contributed by atoms with Gasteiger partial charge in [-0.2, -0.15) is 5.10 Å². The maximum Gasteiger partial charge on any atom is 0.338 e. The Morgan fingerprint density at radius 2 is 2.43 bits per heavy atom. The van der Waals surface area contributed by atoms with E-state index in [0.717, 1.165) is 10.9 Å². The number of fused-ring (bicyclic) bond motifs is 1. The minimum absolute atomic E-state index is 0.296. The lowest BCUT2D eigenvalue weighted by Gasteiger charge is -2.00. The number of H-pyrrole nitrogens is 1. The molecule has 0 aliphatic rings. The van der Waals surface area contributed by atoms with Crippen molar-refractivity contribution in [3.63, 3.8) is 0 Å². The Bertz CT molecular complexity index is 462. The van der Waals surface area contributed by atoms with Crippen LogP contribution in [0.5, 0.6) is 0 Å². The third-order valence-electron chi connectivity index (χ3n) is 1.95. The van der Waals surface area contributed by atoms with Crippen molar-refractivity contribution in [2.75, 3.05) is 6.61 Å². The number of carbonyl (C=O) groups is 1. The van der Waals surface area contributed by atoms with Gasteiger partial charge in [-0.15, -0.1) is 0 Å². The fourth-order valence-corrected chi connectivity index (χ4v) is 1.28. The predicted molar refractivity (Wildman–Crippen MR) is 52.1 cm³/mol. The molecular formula is C10H10N2O2. The van der Waals surface area contributed by atoms with Gasteiger partial charge in [-0.25, -0.2) is 4.79 Å². The Labute approximate surface area is 80.9 Å². The van der Waals surface area contributed by atoms with Crippen molar-refractivity contribution in [2.24, 2.45) is 0 Å². The van der Waals surface area contributed by atoms with Crippen molar-refractivity contribution in [1.82, 2.24) is 10.2 Å². The quantitative estimate of drug-likeness (QED) is 0.734. The fraction of sp³-hybridized carbons (Fsp3) is 0.200. The topological polar surface area (TPSA) is 55.0 Å². The van der Waals surface area contributed by atoms with Crippen molar-refractivity contribution < 1.29 is 9.53 Å². The first-order chi connectivity index (χ1) is 6.81. The van der Waals surface area contributed by atoms with E-state index in [4.69, 9.17) is 4.74 Å². The summed E-state index contributed by atoms with van der Waals surface area (Å²) in [5, 5.41) is 7.60. The van der Waals surface area contributed by atoms with Gasteiger partial charge in [0.25, 0.3) is 0 Å². The van der Waals surface area contributed by atoms with Gasteiger partial charge in [-0.3, -0.25) is 5.10 Å². The van der Waals surface area contributed by atoms with E-state index in [9.17, 15) is 4.79 Å². The van der Waals surface area contributed by atoms with Crippen LogP contribution in [0.25, 0.3) is 10.9 Å². The molecule has 0 bridgehead atoms. The molecule has 0 fully saturated rings. The Kier molecular flexibility index (Phi) is 2.18. The van der Waals surface area contributed by atoms with E-state index >= 15 is 0 Å². The molecule has 1 N–H and O–H groups in total. The van der Waals surface area contributed by atoms with Gasteiger partial charge in [0.2, 0.25) is 0 Å². The number of aromatic nitrogens is 2. The normalized spacial score (nSPS) is 10.4. The van der Waals surface area contributed by atoms with E-state index in [2.05, 4.69) is 10.2 Å². The Hall–Kier alpha value is -1.84. The van der Waals surface area contributed by atoms with Crippen LogP contribution in [0, 0.1) is 0 Å². The third-order valence-corrected chi connectivity index (χ3v) is 1.95. The molecule has 4 heteroatoms. The highest BCUT2D eigenvalue weighted by Gasteiger charge is 2.06. The number of hydrogen-bond acceptors (Lipinski definition) is 3. The van der Waals surface area contributed by atoms with E-state index in [1.54, 1.807) is 25.3 Å². The number of aromatic amines is 1. The summed E-state index contributed by atoms with van der Waals surface area (Å²) in [4.78, 5) is 11.4. The van der Waals surface area contributed by atoms with E-state index in [1.165, 1.54) is 0 Å². The van der Waals surface area contributed by atoms with Crippen molar-refractivity contribution in [2.45, 2.75) is 6.92 Å². The smallest absolute Gasteiger partial charge is 0.338 e. The van der Waals surface area contributed by atoms with E-state index in [0.29, 0.717) is 12.2 Å². The summed E-state index contributed by atoms with van der Waals surface area (Å²) >= 11 is 0. The molecule has 1 aromatic carbocycles. The van der Waals surface area contributed by atoms with Gasteiger partial charge < -0.3 is 4.74 Å². The standard InChI is InChI=1S/C10H10N2O2/c1-2-14-10(13)7-3-4-9-8(5-7)6-11-12-9/h3-6H,2H2,1H3,(H,11,12). The molecule has 0 aliphatic carbocycles. The Morgan fingerprint density at radius 1 is 1.57 bits per heavy atom. The SMILES string of the molecule is CCOC(=O)c1ccc2[nH]ncc2c1. The van der Waals surface area contributed by atoms with Crippen LogP contribution in [0.3, 0.4) is 0 Å². The second-order valence-corrected chi connectivity index (χ2v) is 2.89. The van der Waals surface area contributed by atoms with Gasteiger partial charge >= 0.3 is 5.97 Å². The molecule has 0 spiro atoms. The number of ether oxygens (including phenoxy) is 1. The van der Waals surface area contributed by atoms with Gasteiger partial charge in [0.1, 0.15) is 0 Å². The average Bonchev–Trinajstić information content (AvgIpc) is 2.64. The van der Waals surface area contributed by atoms with E-state index in [1.807, 2.05) is 6.07 Å². The minimum Gasteiger partial charge on any atom is -0.462 e. The molecule has 0 amide bonds. The lowest BCUT2D eigenvalue weighted by molar-refractivity contribution is 0.0526. The van der Waals surface area contributed by atoms with Crippen molar-refractivity contribution in [3.05, 3.63) is 30.0 Å². The molecule has 0 atom stereocenters. The molecule has 14 heavy (non-hydrogen) atoms. The second-order valence-electron chi connectivity index (χ2n) is 2.89. The number of esters is 1. The van der Waals surface area contributed by atoms with Gasteiger partial charge in [-0.1, -0.05) is 0 Å². The summed E-state index contributed by atoms with van der Waals surface area (Å²) < 4.78 is 4.88. The van der Waals surface area contributed by atoms with E-state index < -0.39 is 0 Å². The highest BCUT2D eigenvalue weighted by atomic mass is 16.5. The zero-order chi connectivity index (χ0) is 9.97. The maximum absolute atomic E-state index is 11.4. The number of benzene rings is 1. The monoisotopic (exact) mass is 190 g/mol. The highest BCUT2D eigenvalue weighted by Crippen LogP contribution is 2.13. The average molecular weight is 190 g/mol. The second kappa shape index (κ2) is 3.49.